The lowest BCUT2D eigenvalue weighted by Crippen LogP contribution is -2.32. The zero-order valence-electron chi connectivity index (χ0n) is 17.8. The standard InChI is InChI=1S/C24H26N2O4S/c1-4-23(30-21-15-17(2)14-18(3)16-21)24(27)25-19-10-12-22(13-11-19)31(28,29)26-20-8-6-5-7-9-20/h5-16,23,26H,4H2,1-3H3,(H,25,27)/t23-/m1/s1. The number of amides is 1. The fourth-order valence-corrected chi connectivity index (χ4v) is 4.21. The number of para-hydroxylation sites is 1. The molecule has 0 aliphatic carbocycles. The van der Waals surface area contributed by atoms with Crippen molar-refractivity contribution in [2.24, 2.45) is 0 Å². The molecule has 31 heavy (non-hydrogen) atoms. The molecule has 0 unspecified atom stereocenters. The van der Waals surface area contributed by atoms with E-state index in [1.165, 1.54) is 12.1 Å². The van der Waals surface area contributed by atoms with Crippen LogP contribution >= 0.6 is 0 Å². The summed E-state index contributed by atoms with van der Waals surface area (Å²) in [5.41, 5.74) is 3.10. The second-order valence-corrected chi connectivity index (χ2v) is 9.01. The van der Waals surface area contributed by atoms with Gasteiger partial charge in [0.2, 0.25) is 0 Å². The maximum Gasteiger partial charge on any atom is 0.265 e. The Morgan fingerprint density at radius 3 is 2.10 bits per heavy atom. The highest BCUT2D eigenvalue weighted by Gasteiger charge is 2.20. The van der Waals surface area contributed by atoms with Crippen LogP contribution in [0.3, 0.4) is 0 Å². The topological polar surface area (TPSA) is 84.5 Å². The van der Waals surface area contributed by atoms with Crippen LogP contribution in [-0.4, -0.2) is 20.4 Å². The van der Waals surface area contributed by atoms with Crippen molar-refractivity contribution in [1.82, 2.24) is 0 Å². The van der Waals surface area contributed by atoms with E-state index in [2.05, 4.69) is 10.0 Å². The molecular weight excluding hydrogens is 412 g/mol. The Labute approximate surface area is 183 Å². The Morgan fingerprint density at radius 2 is 1.52 bits per heavy atom. The lowest BCUT2D eigenvalue weighted by atomic mass is 10.1. The quantitative estimate of drug-likeness (QED) is 0.524. The van der Waals surface area contributed by atoms with E-state index in [4.69, 9.17) is 4.74 Å². The molecule has 0 aliphatic rings. The first-order chi connectivity index (χ1) is 14.8. The van der Waals surface area contributed by atoms with Gasteiger partial charge in [-0.05, 0) is 79.9 Å². The first-order valence-corrected chi connectivity index (χ1v) is 11.5. The Morgan fingerprint density at radius 1 is 0.903 bits per heavy atom. The highest BCUT2D eigenvalue weighted by atomic mass is 32.2. The highest BCUT2D eigenvalue weighted by molar-refractivity contribution is 7.92. The van der Waals surface area contributed by atoms with E-state index in [0.717, 1.165) is 11.1 Å². The summed E-state index contributed by atoms with van der Waals surface area (Å²) in [4.78, 5) is 12.8. The molecule has 2 N–H and O–H groups in total. The molecule has 0 saturated heterocycles. The van der Waals surface area contributed by atoms with Crippen molar-refractivity contribution in [3.8, 4) is 5.75 Å². The maximum atomic E-state index is 12.7. The summed E-state index contributed by atoms with van der Waals surface area (Å²) in [6.45, 7) is 5.82. The zero-order chi connectivity index (χ0) is 22.4. The molecule has 0 saturated carbocycles. The molecule has 0 bridgehead atoms. The summed E-state index contributed by atoms with van der Waals surface area (Å²) in [5, 5.41) is 2.79. The molecular formula is C24H26N2O4S. The van der Waals surface area contributed by atoms with E-state index in [1.54, 1.807) is 36.4 Å². The van der Waals surface area contributed by atoms with Crippen molar-refractivity contribution in [1.29, 1.82) is 0 Å². The Bertz CT molecular complexity index is 1120. The van der Waals surface area contributed by atoms with Crippen LogP contribution in [0.25, 0.3) is 0 Å². The lowest BCUT2D eigenvalue weighted by Gasteiger charge is -2.18. The Kier molecular flexibility index (Phi) is 6.97. The second kappa shape index (κ2) is 9.66. The van der Waals surface area contributed by atoms with Gasteiger partial charge in [0.15, 0.2) is 6.10 Å². The fourth-order valence-electron chi connectivity index (χ4n) is 3.15. The first kappa shape index (κ1) is 22.4. The summed E-state index contributed by atoms with van der Waals surface area (Å²) in [6.07, 6.45) is -0.170. The third-order valence-corrected chi connectivity index (χ3v) is 5.99. The van der Waals surface area contributed by atoms with Crippen LogP contribution in [0, 0.1) is 13.8 Å². The number of benzene rings is 3. The minimum absolute atomic E-state index is 0.105. The van der Waals surface area contributed by atoms with Crippen LogP contribution in [-0.2, 0) is 14.8 Å². The number of carbonyl (C=O) groups excluding carboxylic acids is 1. The van der Waals surface area contributed by atoms with E-state index in [-0.39, 0.29) is 10.8 Å². The number of hydrogen-bond donors (Lipinski definition) is 2. The Hall–Kier alpha value is -3.32. The van der Waals surface area contributed by atoms with Crippen molar-refractivity contribution in [2.45, 2.75) is 38.2 Å². The number of ether oxygens (including phenoxy) is 1. The number of sulfonamides is 1. The van der Waals surface area contributed by atoms with Gasteiger partial charge in [-0.3, -0.25) is 9.52 Å². The van der Waals surface area contributed by atoms with Crippen LogP contribution in [0.1, 0.15) is 24.5 Å². The summed E-state index contributed by atoms with van der Waals surface area (Å²) in [7, 11) is -3.72. The van der Waals surface area contributed by atoms with Crippen LogP contribution in [0.5, 0.6) is 5.75 Å². The van der Waals surface area contributed by atoms with Gasteiger partial charge in [0.05, 0.1) is 4.90 Å². The second-order valence-electron chi connectivity index (χ2n) is 7.32. The zero-order valence-corrected chi connectivity index (χ0v) is 18.6. The SMILES string of the molecule is CC[C@@H](Oc1cc(C)cc(C)c1)C(=O)Nc1ccc(S(=O)(=O)Nc2ccccc2)cc1. The third kappa shape index (κ3) is 6.08. The molecule has 162 valence electrons. The largest absolute Gasteiger partial charge is 0.481 e. The number of rotatable bonds is 8. The van der Waals surface area contributed by atoms with E-state index >= 15 is 0 Å². The molecule has 0 radical (unpaired) electrons. The molecule has 0 fully saturated rings. The fraction of sp³-hybridized carbons (Fsp3) is 0.208. The van der Waals surface area contributed by atoms with Crippen molar-refractivity contribution in [3.63, 3.8) is 0 Å². The van der Waals surface area contributed by atoms with E-state index < -0.39 is 16.1 Å². The van der Waals surface area contributed by atoms with Crippen molar-refractivity contribution < 1.29 is 17.9 Å². The van der Waals surface area contributed by atoms with Gasteiger partial charge in [0, 0.05) is 11.4 Å². The predicted molar refractivity (Wildman–Crippen MR) is 123 cm³/mol. The molecule has 0 spiro atoms. The van der Waals surface area contributed by atoms with Gasteiger partial charge in [0.1, 0.15) is 5.75 Å². The molecule has 1 amide bonds. The van der Waals surface area contributed by atoms with Crippen LogP contribution < -0.4 is 14.8 Å². The first-order valence-electron chi connectivity index (χ1n) is 10.0. The highest BCUT2D eigenvalue weighted by Crippen LogP contribution is 2.21. The number of hydrogen-bond acceptors (Lipinski definition) is 4. The summed E-state index contributed by atoms with van der Waals surface area (Å²) in [6, 6.07) is 20.5. The van der Waals surface area contributed by atoms with Gasteiger partial charge >= 0.3 is 0 Å². The van der Waals surface area contributed by atoms with Gasteiger partial charge in [-0.25, -0.2) is 8.42 Å². The minimum Gasteiger partial charge on any atom is -0.481 e. The van der Waals surface area contributed by atoms with Gasteiger partial charge in [-0.2, -0.15) is 0 Å². The van der Waals surface area contributed by atoms with E-state index in [0.29, 0.717) is 23.5 Å². The number of aryl methyl sites for hydroxylation is 2. The lowest BCUT2D eigenvalue weighted by molar-refractivity contribution is -0.122. The summed E-state index contributed by atoms with van der Waals surface area (Å²) in [5.74, 6) is 0.354. The van der Waals surface area contributed by atoms with E-state index in [9.17, 15) is 13.2 Å². The monoisotopic (exact) mass is 438 g/mol. The van der Waals surface area contributed by atoms with Crippen LogP contribution in [0.15, 0.2) is 77.7 Å². The molecule has 3 rings (SSSR count). The molecule has 1 atom stereocenters. The van der Waals surface area contributed by atoms with Crippen molar-refractivity contribution >= 4 is 27.3 Å². The molecule has 0 aromatic heterocycles. The van der Waals surface area contributed by atoms with Crippen molar-refractivity contribution in [3.05, 3.63) is 83.9 Å². The van der Waals surface area contributed by atoms with Crippen LogP contribution in [0.2, 0.25) is 0 Å². The molecule has 3 aromatic rings. The number of anilines is 2. The summed E-state index contributed by atoms with van der Waals surface area (Å²) >= 11 is 0. The van der Waals surface area contributed by atoms with Gasteiger partial charge in [0.25, 0.3) is 15.9 Å². The molecule has 0 heterocycles. The average Bonchev–Trinajstić information content (AvgIpc) is 2.72. The third-order valence-electron chi connectivity index (χ3n) is 4.59. The average molecular weight is 439 g/mol. The molecule has 6 nitrogen and oxygen atoms in total. The Balaban J connectivity index is 1.67. The molecule has 0 aliphatic heterocycles. The minimum atomic E-state index is -3.72. The van der Waals surface area contributed by atoms with Crippen molar-refractivity contribution in [2.75, 3.05) is 10.0 Å². The number of carbonyl (C=O) groups is 1. The van der Waals surface area contributed by atoms with E-state index in [1.807, 2.05) is 45.0 Å². The maximum absolute atomic E-state index is 12.7. The predicted octanol–water partition coefficient (Wildman–Crippen LogP) is 4.90. The smallest absolute Gasteiger partial charge is 0.265 e. The normalized spacial score (nSPS) is 12.1. The molecule has 7 heteroatoms. The molecule has 3 aromatic carbocycles. The number of nitrogens with one attached hydrogen (secondary N) is 2. The van der Waals surface area contributed by atoms with Crippen LogP contribution in [0.4, 0.5) is 11.4 Å². The summed E-state index contributed by atoms with van der Waals surface area (Å²) < 4.78 is 33.5. The van der Waals surface area contributed by atoms with Gasteiger partial charge < -0.3 is 10.1 Å². The van der Waals surface area contributed by atoms with Gasteiger partial charge in [-0.15, -0.1) is 0 Å². The van der Waals surface area contributed by atoms with Gasteiger partial charge in [-0.1, -0.05) is 31.2 Å².